The SMILES string of the molecule is CCn1c(C)[n+](CCNS(C)(=O)=O)c2cc(Cl)c(Cl)cc21. The molecule has 0 aliphatic carbocycles. The average molecular weight is 351 g/mol. The lowest BCUT2D eigenvalue weighted by Gasteiger charge is -2.02. The molecule has 0 fully saturated rings. The summed E-state index contributed by atoms with van der Waals surface area (Å²) in [5, 5.41) is 1.00. The van der Waals surface area contributed by atoms with Crippen LogP contribution in [-0.4, -0.2) is 25.8 Å². The van der Waals surface area contributed by atoms with Crippen LogP contribution in [0.3, 0.4) is 0 Å². The van der Waals surface area contributed by atoms with Crippen LogP contribution in [0.4, 0.5) is 0 Å². The number of aromatic nitrogens is 2. The summed E-state index contributed by atoms with van der Waals surface area (Å²) < 4.78 is 29.0. The number of benzene rings is 1. The Labute approximate surface area is 134 Å². The van der Waals surface area contributed by atoms with Gasteiger partial charge in [-0.3, -0.25) is 0 Å². The summed E-state index contributed by atoms with van der Waals surface area (Å²) >= 11 is 12.2. The van der Waals surface area contributed by atoms with Crippen molar-refractivity contribution < 1.29 is 13.0 Å². The standard InChI is InChI=1S/C13H18Cl2N3O2S/c1-4-17-9(2)18(6-5-16-21(3,19)20)13-8-11(15)10(14)7-12(13)17/h7-8,16H,4-6H2,1-3H3/q+1. The van der Waals surface area contributed by atoms with Gasteiger partial charge in [0.15, 0.2) is 11.0 Å². The lowest BCUT2D eigenvalue weighted by Crippen LogP contribution is -2.42. The van der Waals surface area contributed by atoms with E-state index in [9.17, 15) is 8.42 Å². The van der Waals surface area contributed by atoms with Crippen LogP contribution < -0.4 is 9.29 Å². The average Bonchev–Trinajstić information content (AvgIpc) is 2.61. The number of sulfonamides is 1. The maximum atomic E-state index is 11.2. The van der Waals surface area contributed by atoms with E-state index in [1.165, 1.54) is 0 Å². The van der Waals surface area contributed by atoms with Crippen LogP contribution in [0.2, 0.25) is 10.0 Å². The van der Waals surface area contributed by atoms with Crippen molar-refractivity contribution in [1.82, 2.24) is 9.29 Å². The summed E-state index contributed by atoms with van der Waals surface area (Å²) in [5.74, 6) is 1.03. The molecule has 2 rings (SSSR count). The van der Waals surface area contributed by atoms with Gasteiger partial charge in [0.2, 0.25) is 10.0 Å². The Morgan fingerprint density at radius 1 is 1.29 bits per heavy atom. The van der Waals surface area contributed by atoms with Gasteiger partial charge in [-0.25, -0.2) is 22.3 Å². The zero-order chi connectivity index (χ0) is 15.8. The highest BCUT2D eigenvalue weighted by Gasteiger charge is 2.22. The number of nitrogens with one attached hydrogen (secondary N) is 1. The van der Waals surface area contributed by atoms with Gasteiger partial charge in [-0.05, 0) is 6.92 Å². The van der Waals surface area contributed by atoms with Gasteiger partial charge in [0.1, 0.15) is 6.54 Å². The van der Waals surface area contributed by atoms with E-state index in [-0.39, 0.29) is 0 Å². The maximum Gasteiger partial charge on any atom is 0.254 e. The highest BCUT2D eigenvalue weighted by atomic mass is 35.5. The first-order chi connectivity index (χ1) is 9.74. The molecule has 0 atom stereocenters. The lowest BCUT2D eigenvalue weighted by molar-refractivity contribution is -0.676. The van der Waals surface area contributed by atoms with Crippen LogP contribution >= 0.6 is 23.2 Å². The van der Waals surface area contributed by atoms with Gasteiger partial charge in [-0.1, -0.05) is 23.2 Å². The molecule has 0 spiro atoms. The van der Waals surface area contributed by atoms with Gasteiger partial charge in [0.05, 0.1) is 22.8 Å². The maximum absolute atomic E-state index is 11.2. The second-order valence-electron chi connectivity index (χ2n) is 4.86. The number of nitrogens with zero attached hydrogens (tertiary/aromatic N) is 2. The highest BCUT2D eigenvalue weighted by Crippen LogP contribution is 2.27. The highest BCUT2D eigenvalue weighted by molar-refractivity contribution is 7.88. The van der Waals surface area contributed by atoms with E-state index in [2.05, 4.69) is 9.29 Å². The molecule has 8 heteroatoms. The number of imidazole rings is 1. The molecule has 0 unspecified atom stereocenters. The van der Waals surface area contributed by atoms with E-state index in [1.807, 2.05) is 30.5 Å². The zero-order valence-electron chi connectivity index (χ0n) is 12.2. The molecule has 0 aliphatic heterocycles. The molecule has 0 amide bonds. The first-order valence-electron chi connectivity index (χ1n) is 6.57. The summed E-state index contributed by atoms with van der Waals surface area (Å²) in [4.78, 5) is 0. The van der Waals surface area contributed by atoms with Gasteiger partial charge in [0.25, 0.3) is 5.82 Å². The zero-order valence-corrected chi connectivity index (χ0v) is 14.5. The summed E-state index contributed by atoms with van der Waals surface area (Å²) in [6, 6.07) is 3.66. The van der Waals surface area contributed by atoms with Gasteiger partial charge < -0.3 is 0 Å². The third-order valence-corrected chi connectivity index (χ3v) is 4.85. The van der Waals surface area contributed by atoms with Crippen molar-refractivity contribution in [2.75, 3.05) is 12.8 Å². The topological polar surface area (TPSA) is 55.0 Å². The Kier molecular flexibility index (Phi) is 4.82. The van der Waals surface area contributed by atoms with Crippen molar-refractivity contribution in [3.05, 3.63) is 28.0 Å². The lowest BCUT2D eigenvalue weighted by atomic mass is 10.3. The quantitative estimate of drug-likeness (QED) is 0.839. The number of aryl methyl sites for hydroxylation is 1. The smallest absolute Gasteiger partial charge is 0.228 e. The van der Waals surface area contributed by atoms with Crippen LogP contribution in [-0.2, 0) is 23.1 Å². The second-order valence-corrected chi connectivity index (χ2v) is 7.51. The molecule has 0 saturated carbocycles. The van der Waals surface area contributed by atoms with Crippen LogP contribution in [0.25, 0.3) is 11.0 Å². The molecule has 1 heterocycles. The Morgan fingerprint density at radius 3 is 2.48 bits per heavy atom. The summed E-state index contributed by atoms with van der Waals surface area (Å²) in [7, 11) is -3.19. The molecule has 5 nitrogen and oxygen atoms in total. The van der Waals surface area contributed by atoms with Gasteiger partial charge in [-0.15, -0.1) is 0 Å². The van der Waals surface area contributed by atoms with Crippen LogP contribution in [0.1, 0.15) is 12.7 Å². The Balaban J connectivity index is 2.47. The third-order valence-electron chi connectivity index (χ3n) is 3.40. The van der Waals surface area contributed by atoms with E-state index in [1.54, 1.807) is 0 Å². The van der Waals surface area contributed by atoms with E-state index in [0.717, 1.165) is 29.7 Å². The van der Waals surface area contributed by atoms with Gasteiger partial charge in [0, 0.05) is 25.6 Å². The van der Waals surface area contributed by atoms with Crippen LogP contribution in [0.15, 0.2) is 12.1 Å². The molecule has 0 radical (unpaired) electrons. The van der Waals surface area contributed by atoms with Crippen molar-refractivity contribution in [2.45, 2.75) is 26.9 Å². The molecule has 1 aromatic carbocycles. The van der Waals surface area contributed by atoms with E-state index >= 15 is 0 Å². The third kappa shape index (κ3) is 3.51. The predicted molar refractivity (Wildman–Crippen MR) is 85.4 cm³/mol. The molecule has 2 aromatic rings. The first kappa shape index (κ1) is 16.5. The number of halogens is 2. The van der Waals surface area contributed by atoms with Gasteiger partial charge >= 0.3 is 0 Å². The minimum atomic E-state index is -3.19. The van der Waals surface area contributed by atoms with Crippen molar-refractivity contribution in [1.29, 1.82) is 0 Å². The van der Waals surface area contributed by atoms with Crippen LogP contribution in [0, 0.1) is 6.92 Å². The summed E-state index contributed by atoms with van der Waals surface area (Å²) in [6.07, 6.45) is 1.15. The Morgan fingerprint density at radius 2 is 1.90 bits per heavy atom. The molecular formula is C13H18Cl2N3O2S+. The molecular weight excluding hydrogens is 333 g/mol. The van der Waals surface area contributed by atoms with Crippen molar-refractivity contribution in [3.8, 4) is 0 Å². The molecule has 0 bridgehead atoms. The number of rotatable bonds is 5. The van der Waals surface area contributed by atoms with Crippen molar-refractivity contribution in [2.24, 2.45) is 0 Å². The summed E-state index contributed by atoms with van der Waals surface area (Å²) in [6.45, 7) is 5.69. The van der Waals surface area contributed by atoms with E-state index in [0.29, 0.717) is 23.1 Å². The number of hydrogen-bond donors (Lipinski definition) is 1. The Bertz CT molecular complexity index is 785. The molecule has 0 saturated heterocycles. The van der Waals surface area contributed by atoms with Gasteiger partial charge in [-0.2, -0.15) is 0 Å². The monoisotopic (exact) mass is 350 g/mol. The second kappa shape index (κ2) is 6.12. The largest absolute Gasteiger partial charge is 0.254 e. The fraction of sp³-hybridized carbons (Fsp3) is 0.462. The van der Waals surface area contributed by atoms with Crippen molar-refractivity contribution in [3.63, 3.8) is 0 Å². The molecule has 21 heavy (non-hydrogen) atoms. The molecule has 1 aromatic heterocycles. The first-order valence-corrected chi connectivity index (χ1v) is 9.21. The minimum absolute atomic E-state index is 0.327. The molecule has 1 N–H and O–H groups in total. The van der Waals surface area contributed by atoms with E-state index in [4.69, 9.17) is 23.2 Å². The predicted octanol–water partition coefficient (Wildman–Crippen LogP) is 2.11. The summed E-state index contributed by atoms with van der Waals surface area (Å²) in [5.41, 5.74) is 1.93. The molecule has 0 aliphatic rings. The number of hydrogen-bond acceptors (Lipinski definition) is 2. The number of fused-ring (bicyclic) bond motifs is 1. The Hall–Kier alpha value is -0.820. The van der Waals surface area contributed by atoms with Crippen LogP contribution in [0.5, 0.6) is 0 Å². The van der Waals surface area contributed by atoms with Crippen molar-refractivity contribution >= 4 is 44.3 Å². The fourth-order valence-electron chi connectivity index (χ4n) is 2.48. The minimum Gasteiger partial charge on any atom is -0.228 e. The normalized spacial score (nSPS) is 12.2. The van der Waals surface area contributed by atoms with E-state index < -0.39 is 10.0 Å². The molecule has 116 valence electrons. The fourth-order valence-corrected chi connectivity index (χ4v) is 3.25.